The topological polar surface area (TPSA) is 99.3 Å². The number of sulfonamides is 1. The van der Waals surface area contributed by atoms with Crippen molar-refractivity contribution in [3.05, 3.63) is 53.6 Å². The van der Waals surface area contributed by atoms with Crippen molar-refractivity contribution >= 4 is 27.0 Å². The monoisotopic (exact) mass is 399 g/mol. The van der Waals surface area contributed by atoms with Crippen LogP contribution in [0.2, 0.25) is 0 Å². The lowest BCUT2D eigenvalue weighted by atomic mass is 9.98. The number of para-hydroxylation sites is 1. The second kappa shape index (κ2) is 6.68. The molecule has 0 saturated heterocycles. The zero-order chi connectivity index (χ0) is 20.1. The maximum absolute atomic E-state index is 13.1. The van der Waals surface area contributed by atoms with Gasteiger partial charge < -0.3 is 9.88 Å². The molecule has 146 valence electrons. The van der Waals surface area contributed by atoms with Gasteiger partial charge in [-0.1, -0.05) is 12.1 Å². The number of nitrogens with zero attached hydrogens (tertiary/aromatic N) is 4. The average molecular weight is 399 g/mol. The molecule has 1 atom stereocenters. The third-order valence-corrected chi connectivity index (χ3v) is 6.98. The van der Waals surface area contributed by atoms with Gasteiger partial charge in [0, 0.05) is 39.0 Å². The average Bonchev–Trinajstić information content (AvgIpc) is 3.12. The van der Waals surface area contributed by atoms with E-state index in [1.807, 2.05) is 19.1 Å². The van der Waals surface area contributed by atoms with Gasteiger partial charge in [-0.05, 0) is 30.7 Å². The van der Waals surface area contributed by atoms with Crippen LogP contribution in [0.4, 0.5) is 0 Å². The third-order valence-electron chi connectivity index (χ3n) is 5.13. The first-order chi connectivity index (χ1) is 13.3. The Morgan fingerprint density at radius 2 is 2.04 bits per heavy atom. The molecule has 0 bridgehead atoms. The Bertz CT molecular complexity index is 1170. The number of pyridine rings is 1. The first kappa shape index (κ1) is 18.6. The quantitative estimate of drug-likeness (QED) is 0.726. The number of imidazole rings is 1. The van der Waals surface area contributed by atoms with E-state index in [0.29, 0.717) is 18.5 Å². The molecule has 0 radical (unpaired) electrons. The van der Waals surface area contributed by atoms with E-state index in [-0.39, 0.29) is 28.2 Å². The second-order valence-electron chi connectivity index (χ2n) is 6.99. The number of carbonyl (C=O) groups is 1. The van der Waals surface area contributed by atoms with E-state index in [0.717, 1.165) is 15.6 Å². The maximum Gasteiger partial charge on any atom is 0.290 e. The van der Waals surface area contributed by atoms with Crippen LogP contribution >= 0.6 is 0 Å². The van der Waals surface area contributed by atoms with E-state index < -0.39 is 10.0 Å². The molecule has 1 amide bonds. The van der Waals surface area contributed by atoms with E-state index in [9.17, 15) is 13.2 Å². The molecule has 0 saturated carbocycles. The lowest BCUT2D eigenvalue weighted by molar-refractivity contribution is 0.0665. The fourth-order valence-corrected chi connectivity index (χ4v) is 4.60. The number of carbonyl (C=O) groups excluding carboxylic acids is 1. The molecule has 1 N–H and O–H groups in total. The standard InChI is InChI=1S/C19H21N5O3S/c1-12-13-6-5-10-20-14(13)9-11-24(12)19(25)18-21-15-7-4-8-16(17(15)22-18)28(26,27)23(2)3/h4-8,10,12H,9,11H2,1-3H3,(H,21,22)/t12-/m1/s1. The highest BCUT2D eigenvalue weighted by molar-refractivity contribution is 7.89. The van der Waals surface area contributed by atoms with Gasteiger partial charge in [0.15, 0.2) is 5.82 Å². The van der Waals surface area contributed by atoms with Gasteiger partial charge in [-0.2, -0.15) is 0 Å². The summed E-state index contributed by atoms with van der Waals surface area (Å²) >= 11 is 0. The summed E-state index contributed by atoms with van der Waals surface area (Å²) in [5, 5.41) is 0. The zero-order valence-corrected chi connectivity index (χ0v) is 16.7. The Kier molecular flexibility index (Phi) is 4.43. The number of rotatable bonds is 3. The van der Waals surface area contributed by atoms with Crippen molar-refractivity contribution in [3.63, 3.8) is 0 Å². The number of fused-ring (bicyclic) bond motifs is 2. The minimum Gasteiger partial charge on any atom is -0.334 e. The molecule has 0 spiro atoms. The summed E-state index contributed by atoms with van der Waals surface area (Å²) in [5.41, 5.74) is 2.81. The number of H-pyrrole nitrogens is 1. The molecular weight excluding hydrogens is 378 g/mol. The minimum atomic E-state index is -3.67. The number of hydrogen-bond donors (Lipinski definition) is 1. The Balaban J connectivity index is 1.74. The molecule has 9 heteroatoms. The van der Waals surface area contributed by atoms with Crippen LogP contribution in [0.25, 0.3) is 11.0 Å². The molecule has 3 aromatic rings. The second-order valence-corrected chi connectivity index (χ2v) is 9.11. The van der Waals surface area contributed by atoms with E-state index in [1.165, 1.54) is 20.2 Å². The van der Waals surface area contributed by atoms with Crippen LogP contribution < -0.4 is 0 Å². The van der Waals surface area contributed by atoms with Gasteiger partial charge >= 0.3 is 0 Å². The minimum absolute atomic E-state index is 0.0755. The van der Waals surface area contributed by atoms with Crippen LogP contribution in [0.15, 0.2) is 41.4 Å². The van der Waals surface area contributed by atoms with Crippen LogP contribution in [0.5, 0.6) is 0 Å². The molecular formula is C19H21N5O3S. The number of nitrogens with one attached hydrogen (secondary N) is 1. The molecule has 8 nitrogen and oxygen atoms in total. The molecule has 28 heavy (non-hydrogen) atoms. The largest absolute Gasteiger partial charge is 0.334 e. The molecule has 1 aliphatic rings. The number of amides is 1. The van der Waals surface area contributed by atoms with Crippen molar-refractivity contribution in [2.45, 2.75) is 24.3 Å². The summed E-state index contributed by atoms with van der Waals surface area (Å²) in [4.78, 5) is 26.7. The fourth-order valence-electron chi connectivity index (χ4n) is 3.55. The lowest BCUT2D eigenvalue weighted by Gasteiger charge is -2.34. The Hall–Kier alpha value is -2.78. The van der Waals surface area contributed by atoms with Crippen molar-refractivity contribution in [2.24, 2.45) is 0 Å². The number of aromatic nitrogens is 3. The van der Waals surface area contributed by atoms with Crippen LogP contribution in [0, 0.1) is 0 Å². The van der Waals surface area contributed by atoms with Gasteiger partial charge in [-0.25, -0.2) is 17.7 Å². The summed E-state index contributed by atoms with van der Waals surface area (Å²) in [6.07, 6.45) is 2.43. The number of aromatic amines is 1. The van der Waals surface area contributed by atoms with Gasteiger partial charge in [0.05, 0.1) is 11.6 Å². The summed E-state index contributed by atoms with van der Waals surface area (Å²) < 4.78 is 26.3. The van der Waals surface area contributed by atoms with Crippen molar-refractivity contribution in [1.82, 2.24) is 24.2 Å². The van der Waals surface area contributed by atoms with Crippen LogP contribution in [0.3, 0.4) is 0 Å². The van der Waals surface area contributed by atoms with E-state index in [4.69, 9.17) is 0 Å². The smallest absolute Gasteiger partial charge is 0.290 e. The molecule has 0 aliphatic carbocycles. The lowest BCUT2D eigenvalue weighted by Crippen LogP contribution is -2.39. The van der Waals surface area contributed by atoms with E-state index in [1.54, 1.807) is 23.2 Å². The van der Waals surface area contributed by atoms with Crippen LogP contribution in [-0.2, 0) is 16.4 Å². The normalized spacial score (nSPS) is 17.1. The van der Waals surface area contributed by atoms with Gasteiger partial charge in [-0.15, -0.1) is 0 Å². The molecule has 0 fully saturated rings. The van der Waals surface area contributed by atoms with Crippen molar-refractivity contribution in [1.29, 1.82) is 0 Å². The van der Waals surface area contributed by atoms with Gasteiger partial charge in [-0.3, -0.25) is 9.78 Å². The van der Waals surface area contributed by atoms with E-state index in [2.05, 4.69) is 15.0 Å². The van der Waals surface area contributed by atoms with Gasteiger partial charge in [0.1, 0.15) is 10.4 Å². The number of benzene rings is 1. The molecule has 2 aromatic heterocycles. The first-order valence-electron chi connectivity index (χ1n) is 8.96. The van der Waals surface area contributed by atoms with Crippen molar-refractivity contribution in [3.8, 4) is 0 Å². The van der Waals surface area contributed by atoms with Gasteiger partial charge in [0.2, 0.25) is 10.0 Å². The highest BCUT2D eigenvalue weighted by Gasteiger charge is 2.31. The number of hydrogen-bond acceptors (Lipinski definition) is 5. The van der Waals surface area contributed by atoms with Crippen molar-refractivity contribution in [2.75, 3.05) is 20.6 Å². The summed E-state index contributed by atoms with van der Waals surface area (Å²) in [6, 6.07) is 8.56. The highest BCUT2D eigenvalue weighted by Crippen LogP contribution is 2.30. The Labute approximate surface area is 163 Å². The molecule has 1 aliphatic heterocycles. The van der Waals surface area contributed by atoms with Crippen molar-refractivity contribution < 1.29 is 13.2 Å². The van der Waals surface area contributed by atoms with Gasteiger partial charge in [0.25, 0.3) is 5.91 Å². The predicted octanol–water partition coefficient (Wildman–Crippen LogP) is 1.97. The van der Waals surface area contributed by atoms with E-state index >= 15 is 0 Å². The highest BCUT2D eigenvalue weighted by atomic mass is 32.2. The first-order valence-corrected chi connectivity index (χ1v) is 10.4. The van der Waals surface area contributed by atoms with Crippen LogP contribution in [0.1, 0.15) is 34.8 Å². The molecule has 4 rings (SSSR count). The maximum atomic E-state index is 13.1. The predicted molar refractivity (Wildman–Crippen MR) is 104 cm³/mol. The fraction of sp³-hybridized carbons (Fsp3) is 0.316. The third kappa shape index (κ3) is 2.87. The Morgan fingerprint density at radius 3 is 2.79 bits per heavy atom. The molecule has 1 aromatic carbocycles. The summed E-state index contributed by atoms with van der Waals surface area (Å²) in [5.74, 6) is -0.123. The Morgan fingerprint density at radius 1 is 1.25 bits per heavy atom. The summed E-state index contributed by atoms with van der Waals surface area (Å²) in [6.45, 7) is 2.49. The van der Waals surface area contributed by atoms with Crippen LogP contribution in [-0.4, -0.2) is 59.1 Å². The SMILES string of the molecule is C[C@@H]1c2cccnc2CCN1C(=O)c1nc2c(S(=O)(=O)N(C)C)cccc2[nH]1. The molecule has 0 unspecified atom stereocenters. The molecule has 3 heterocycles. The summed E-state index contributed by atoms with van der Waals surface area (Å²) in [7, 11) is -0.742. The zero-order valence-electron chi connectivity index (χ0n) is 15.9.